The number of nitrogens with two attached hydrogens (primary N) is 1. The fourth-order valence-electron chi connectivity index (χ4n) is 2.49. The first-order valence-electron chi connectivity index (χ1n) is 8.53. The minimum Gasteiger partial charge on any atom is -0.378 e. The zero-order valence-corrected chi connectivity index (χ0v) is 14.4. The topological polar surface area (TPSA) is 89.2 Å². The summed E-state index contributed by atoms with van der Waals surface area (Å²) in [7, 11) is 0. The van der Waals surface area contributed by atoms with Crippen molar-refractivity contribution in [2.24, 2.45) is 5.73 Å². The van der Waals surface area contributed by atoms with E-state index in [-0.39, 0.29) is 0 Å². The van der Waals surface area contributed by atoms with E-state index in [0.717, 1.165) is 37.3 Å². The Labute approximate surface area is 151 Å². The highest BCUT2D eigenvalue weighted by Crippen LogP contribution is 2.21. The summed E-state index contributed by atoms with van der Waals surface area (Å²) in [6, 6.07) is 2.94. The molecule has 1 aliphatic rings. The third-order valence-corrected chi connectivity index (χ3v) is 3.79. The normalized spacial score (nSPS) is 13.8. The summed E-state index contributed by atoms with van der Waals surface area (Å²) in [6.07, 6.45) is 4.66. The van der Waals surface area contributed by atoms with Crippen molar-refractivity contribution in [2.45, 2.75) is 12.8 Å². The van der Waals surface area contributed by atoms with Crippen LogP contribution in [-0.2, 0) is 4.74 Å². The largest absolute Gasteiger partial charge is 0.378 e. The van der Waals surface area contributed by atoms with E-state index in [1.54, 1.807) is 12.3 Å². The zero-order chi connectivity index (χ0) is 18.2. The van der Waals surface area contributed by atoms with Gasteiger partial charge in [-0.1, -0.05) is 11.8 Å². The summed E-state index contributed by atoms with van der Waals surface area (Å²) in [5.41, 5.74) is 6.80. The van der Waals surface area contributed by atoms with Crippen molar-refractivity contribution in [1.29, 1.82) is 0 Å². The Morgan fingerprint density at radius 2 is 2.15 bits per heavy atom. The van der Waals surface area contributed by atoms with Crippen LogP contribution in [0.5, 0.6) is 0 Å². The van der Waals surface area contributed by atoms with Crippen LogP contribution in [-0.4, -0.2) is 47.8 Å². The lowest BCUT2D eigenvalue weighted by atomic mass is 10.2. The van der Waals surface area contributed by atoms with E-state index >= 15 is 0 Å². The molecule has 0 saturated carbocycles. The second-order valence-electron chi connectivity index (χ2n) is 5.72. The summed E-state index contributed by atoms with van der Waals surface area (Å²) >= 11 is 0. The number of anilines is 3. The Morgan fingerprint density at radius 3 is 2.92 bits per heavy atom. The maximum Gasteiger partial charge on any atom is 0.229 e. The standard InChI is InChI=1S/C18H21FN6O/c19-16-12-15(5-7-21-16)23-18-22-13-14(4-2-1-3-6-20)17(24-18)25-8-10-26-11-9-25/h5,7,12-13H,1,3,6,8-11,20H2,(H,21,22,23,24). The fourth-order valence-corrected chi connectivity index (χ4v) is 2.49. The molecule has 2 aromatic heterocycles. The minimum absolute atomic E-state index is 0.379. The highest BCUT2D eigenvalue weighted by atomic mass is 19.1. The maximum atomic E-state index is 13.3. The lowest BCUT2D eigenvalue weighted by molar-refractivity contribution is 0.122. The molecule has 8 heteroatoms. The molecule has 1 aliphatic heterocycles. The number of ether oxygens (including phenoxy) is 1. The molecule has 3 heterocycles. The molecule has 7 nitrogen and oxygen atoms in total. The lowest BCUT2D eigenvalue weighted by Gasteiger charge is -2.28. The molecule has 0 amide bonds. The molecule has 0 aliphatic carbocycles. The van der Waals surface area contributed by atoms with Gasteiger partial charge in [-0.25, -0.2) is 9.97 Å². The van der Waals surface area contributed by atoms with Gasteiger partial charge in [0.15, 0.2) is 0 Å². The van der Waals surface area contributed by atoms with Gasteiger partial charge in [0.05, 0.1) is 25.0 Å². The second-order valence-corrected chi connectivity index (χ2v) is 5.72. The summed E-state index contributed by atoms with van der Waals surface area (Å²) in [5, 5.41) is 3.00. The van der Waals surface area contributed by atoms with Crippen molar-refractivity contribution in [3.05, 3.63) is 36.0 Å². The van der Waals surface area contributed by atoms with E-state index in [2.05, 4.69) is 37.0 Å². The Balaban J connectivity index is 1.86. The number of rotatable bonds is 5. The Kier molecular flexibility index (Phi) is 6.30. The van der Waals surface area contributed by atoms with Gasteiger partial charge in [-0.05, 0) is 19.0 Å². The van der Waals surface area contributed by atoms with Crippen molar-refractivity contribution >= 4 is 17.5 Å². The van der Waals surface area contributed by atoms with E-state index in [1.807, 2.05) is 0 Å². The third kappa shape index (κ3) is 4.88. The molecule has 136 valence electrons. The van der Waals surface area contributed by atoms with Gasteiger partial charge < -0.3 is 20.7 Å². The molecule has 0 atom stereocenters. The van der Waals surface area contributed by atoms with Gasteiger partial charge >= 0.3 is 0 Å². The van der Waals surface area contributed by atoms with Gasteiger partial charge in [-0.3, -0.25) is 0 Å². The van der Waals surface area contributed by atoms with Crippen LogP contribution in [0.25, 0.3) is 0 Å². The molecule has 0 radical (unpaired) electrons. The van der Waals surface area contributed by atoms with Gasteiger partial charge in [0.2, 0.25) is 11.9 Å². The van der Waals surface area contributed by atoms with Crippen LogP contribution in [0, 0.1) is 17.8 Å². The highest BCUT2D eigenvalue weighted by molar-refractivity contribution is 5.60. The Bertz CT molecular complexity index is 798. The number of unbranched alkanes of at least 4 members (excludes halogenated alkanes) is 1. The number of morpholine rings is 1. The molecule has 2 aromatic rings. The van der Waals surface area contributed by atoms with Gasteiger partial charge in [0, 0.05) is 37.5 Å². The molecule has 0 bridgehead atoms. The van der Waals surface area contributed by atoms with Gasteiger partial charge in [0.1, 0.15) is 5.82 Å². The number of nitrogens with one attached hydrogen (secondary N) is 1. The van der Waals surface area contributed by atoms with Gasteiger partial charge in [-0.15, -0.1) is 0 Å². The Hall–Kier alpha value is -2.76. The molecule has 1 saturated heterocycles. The fraction of sp³-hybridized carbons (Fsp3) is 0.389. The summed E-state index contributed by atoms with van der Waals surface area (Å²) < 4.78 is 18.7. The maximum absolute atomic E-state index is 13.3. The predicted molar refractivity (Wildman–Crippen MR) is 97.7 cm³/mol. The van der Waals surface area contributed by atoms with Crippen LogP contribution in [0.4, 0.5) is 21.8 Å². The molecule has 3 rings (SSSR count). The van der Waals surface area contributed by atoms with Crippen molar-refractivity contribution in [2.75, 3.05) is 43.1 Å². The number of aromatic nitrogens is 3. The van der Waals surface area contributed by atoms with Crippen molar-refractivity contribution in [3.63, 3.8) is 0 Å². The molecule has 0 unspecified atom stereocenters. The molecule has 26 heavy (non-hydrogen) atoms. The van der Waals surface area contributed by atoms with Gasteiger partial charge in [-0.2, -0.15) is 9.37 Å². The second kappa shape index (κ2) is 9.08. The molecular weight excluding hydrogens is 335 g/mol. The first-order valence-corrected chi connectivity index (χ1v) is 8.53. The van der Waals surface area contributed by atoms with Crippen LogP contribution in [0.1, 0.15) is 18.4 Å². The lowest BCUT2D eigenvalue weighted by Crippen LogP contribution is -2.37. The van der Waals surface area contributed by atoms with Crippen LogP contribution in [0.15, 0.2) is 24.5 Å². The van der Waals surface area contributed by atoms with Crippen LogP contribution in [0.3, 0.4) is 0 Å². The van der Waals surface area contributed by atoms with Crippen molar-refractivity contribution < 1.29 is 9.13 Å². The average Bonchev–Trinajstić information content (AvgIpc) is 2.67. The van der Waals surface area contributed by atoms with Crippen LogP contribution < -0.4 is 16.0 Å². The van der Waals surface area contributed by atoms with Crippen molar-refractivity contribution in [3.8, 4) is 11.8 Å². The van der Waals surface area contributed by atoms with E-state index in [0.29, 0.717) is 31.4 Å². The molecule has 1 fully saturated rings. The molecule has 0 spiro atoms. The third-order valence-electron chi connectivity index (χ3n) is 3.79. The summed E-state index contributed by atoms with van der Waals surface area (Å²) in [6.45, 7) is 3.37. The smallest absolute Gasteiger partial charge is 0.229 e. The Morgan fingerprint density at radius 1 is 1.31 bits per heavy atom. The predicted octanol–water partition coefficient (Wildman–Crippen LogP) is 1.68. The quantitative estimate of drug-likeness (QED) is 0.479. The molecular formula is C18H21FN6O. The van der Waals surface area contributed by atoms with Crippen molar-refractivity contribution in [1.82, 2.24) is 15.0 Å². The number of hydrogen-bond donors (Lipinski definition) is 2. The summed E-state index contributed by atoms with van der Waals surface area (Å²) in [4.78, 5) is 14.6. The number of hydrogen-bond acceptors (Lipinski definition) is 7. The SMILES string of the molecule is NCCCC#Cc1cnc(Nc2ccnc(F)c2)nc1N1CCOCC1. The zero-order valence-electron chi connectivity index (χ0n) is 14.4. The minimum atomic E-state index is -0.564. The van der Waals surface area contributed by atoms with Crippen LogP contribution >= 0.6 is 0 Å². The summed E-state index contributed by atoms with van der Waals surface area (Å²) in [5.74, 6) is 6.81. The van der Waals surface area contributed by atoms with E-state index in [4.69, 9.17) is 10.5 Å². The number of pyridine rings is 1. The number of halogens is 1. The highest BCUT2D eigenvalue weighted by Gasteiger charge is 2.17. The van der Waals surface area contributed by atoms with E-state index in [9.17, 15) is 4.39 Å². The first kappa shape index (κ1) is 18.0. The van der Waals surface area contributed by atoms with Gasteiger partial charge in [0.25, 0.3) is 0 Å². The van der Waals surface area contributed by atoms with E-state index < -0.39 is 5.95 Å². The monoisotopic (exact) mass is 356 g/mol. The average molecular weight is 356 g/mol. The van der Waals surface area contributed by atoms with Crippen LogP contribution in [0.2, 0.25) is 0 Å². The number of nitrogens with zero attached hydrogens (tertiary/aromatic N) is 4. The van der Waals surface area contributed by atoms with E-state index in [1.165, 1.54) is 12.3 Å². The first-order chi connectivity index (χ1) is 12.8. The molecule has 0 aromatic carbocycles. The molecule has 3 N–H and O–H groups in total.